The number of hydrogen-bond donors (Lipinski definition) is 0. The smallest absolute Gasteiger partial charge is 0.410 e. The Balaban J connectivity index is 1.30. The number of anilines is 1. The van der Waals surface area contributed by atoms with Gasteiger partial charge in [-0.1, -0.05) is 71.7 Å². The van der Waals surface area contributed by atoms with Crippen LogP contribution in [0.1, 0.15) is 100.0 Å². The number of carbonyl (C=O) groups excluding carboxylic acids is 1. The third kappa shape index (κ3) is 8.35. The Morgan fingerprint density at radius 3 is 2.36 bits per heavy atom. The van der Waals surface area contributed by atoms with Crippen LogP contribution in [0.5, 0.6) is 11.8 Å². The van der Waals surface area contributed by atoms with Gasteiger partial charge in [0.25, 0.3) is 0 Å². The normalized spacial score (nSPS) is 21.4. The molecule has 5 heterocycles. The van der Waals surface area contributed by atoms with E-state index in [2.05, 4.69) is 64.5 Å². The maximum absolute atomic E-state index is 18.0. The van der Waals surface area contributed by atoms with E-state index in [-0.39, 0.29) is 53.0 Å². The fraction of sp³-hybridized carbons (Fsp3) is 0.549. The molecule has 64 heavy (non-hydrogen) atoms. The molecule has 13 heteroatoms. The van der Waals surface area contributed by atoms with Crippen molar-refractivity contribution in [2.75, 3.05) is 51.6 Å². The first-order valence-electron chi connectivity index (χ1n) is 23.1. The molecule has 4 aliphatic rings. The molecule has 3 aromatic carbocycles. The van der Waals surface area contributed by atoms with Crippen molar-refractivity contribution >= 4 is 41.7 Å². The molecule has 1 amide bonds. The lowest BCUT2D eigenvalue weighted by atomic mass is 9.93. The molecular weight excluding hydrogens is 829 g/mol. The molecule has 4 fully saturated rings. The number of piperazine rings is 1. The summed E-state index contributed by atoms with van der Waals surface area (Å²) >= 11 is 0. The van der Waals surface area contributed by atoms with E-state index in [1.54, 1.807) is 6.07 Å². The van der Waals surface area contributed by atoms with E-state index in [0.29, 0.717) is 64.4 Å². The Morgan fingerprint density at radius 1 is 1.00 bits per heavy atom. The number of fused-ring (bicyclic) bond motifs is 5. The van der Waals surface area contributed by atoms with E-state index >= 15 is 8.78 Å². The van der Waals surface area contributed by atoms with Crippen LogP contribution >= 0.6 is 0 Å². The van der Waals surface area contributed by atoms with Crippen molar-refractivity contribution in [3.63, 3.8) is 0 Å². The molecule has 3 atom stereocenters. The number of ether oxygens (including phenoxy) is 4. The van der Waals surface area contributed by atoms with Gasteiger partial charge in [0.15, 0.2) is 12.6 Å². The number of nitrogens with zero attached hydrogens (tertiary/aromatic N) is 5. The van der Waals surface area contributed by atoms with Gasteiger partial charge in [0, 0.05) is 48.6 Å². The fourth-order valence-corrected chi connectivity index (χ4v) is 16.8. The number of methoxy groups -OCH3 is 1. The molecular formula is C51H65F2N5O5Si. The van der Waals surface area contributed by atoms with Crippen molar-refractivity contribution in [2.24, 2.45) is 0 Å². The molecule has 10 nitrogen and oxygen atoms in total. The van der Waals surface area contributed by atoms with E-state index in [9.17, 15) is 4.79 Å². The predicted octanol–water partition coefficient (Wildman–Crippen LogP) is 11.0. The van der Waals surface area contributed by atoms with E-state index < -0.39 is 25.3 Å². The number of halogens is 2. The maximum atomic E-state index is 18.0. The number of carbonyl (C=O) groups is 1. The molecule has 8 rings (SSSR count). The first-order valence-corrected chi connectivity index (χ1v) is 25.3. The molecule has 4 saturated heterocycles. The van der Waals surface area contributed by atoms with Gasteiger partial charge in [-0.3, -0.25) is 9.80 Å². The zero-order chi connectivity index (χ0) is 45.9. The third-order valence-electron chi connectivity index (χ3n) is 14.3. The van der Waals surface area contributed by atoms with Crippen molar-refractivity contribution in [3.05, 3.63) is 65.7 Å². The molecule has 4 aliphatic heterocycles. The second kappa shape index (κ2) is 17.6. The number of hydrogen-bond acceptors (Lipinski definition) is 9. The van der Waals surface area contributed by atoms with Crippen LogP contribution in [0.3, 0.4) is 0 Å². The van der Waals surface area contributed by atoms with Crippen LogP contribution in [0.4, 0.5) is 19.4 Å². The Bertz CT molecular complexity index is 2490. The minimum Gasteiger partial charge on any atom is -0.468 e. The molecule has 4 aromatic rings. The second-order valence-electron chi connectivity index (χ2n) is 20.5. The molecule has 0 saturated carbocycles. The Labute approximate surface area is 378 Å². The van der Waals surface area contributed by atoms with Gasteiger partial charge in [0.2, 0.25) is 0 Å². The average Bonchev–Trinajstić information content (AvgIpc) is 3.84. The van der Waals surface area contributed by atoms with Gasteiger partial charge in [-0.25, -0.2) is 13.6 Å². The first-order chi connectivity index (χ1) is 30.4. The lowest BCUT2D eigenvalue weighted by Crippen LogP contribution is -2.57. The molecule has 1 unspecified atom stereocenters. The van der Waals surface area contributed by atoms with Gasteiger partial charge in [0.05, 0.1) is 23.2 Å². The summed E-state index contributed by atoms with van der Waals surface area (Å²) < 4.78 is 58.9. The van der Waals surface area contributed by atoms with Crippen molar-refractivity contribution in [3.8, 4) is 34.4 Å². The lowest BCUT2D eigenvalue weighted by molar-refractivity contribution is 0.0122. The summed E-state index contributed by atoms with van der Waals surface area (Å²) in [5.41, 5.74) is 5.97. The summed E-state index contributed by atoms with van der Waals surface area (Å²) in [7, 11) is -0.663. The summed E-state index contributed by atoms with van der Waals surface area (Å²) in [4.78, 5) is 29.5. The molecule has 1 aromatic heterocycles. The van der Waals surface area contributed by atoms with Crippen LogP contribution in [-0.4, -0.2) is 104 Å². The Hall–Kier alpha value is -4.77. The largest absolute Gasteiger partial charge is 0.468 e. The topological polar surface area (TPSA) is 89.5 Å². The summed E-state index contributed by atoms with van der Waals surface area (Å²) in [6, 6.07) is 10.3. The molecule has 0 radical (unpaired) electrons. The molecule has 2 bridgehead atoms. The highest BCUT2D eigenvalue weighted by atomic mass is 28.3. The Kier molecular flexibility index (Phi) is 12.6. The first kappa shape index (κ1) is 45.8. The molecule has 0 N–H and O–H groups in total. The number of benzene rings is 3. The second-order valence-corrected chi connectivity index (χ2v) is 26.1. The zero-order valence-electron chi connectivity index (χ0n) is 39.4. The van der Waals surface area contributed by atoms with Crippen molar-refractivity contribution < 1.29 is 32.5 Å². The zero-order valence-corrected chi connectivity index (χ0v) is 40.4. The monoisotopic (exact) mass is 893 g/mol. The number of rotatable bonds is 11. The quantitative estimate of drug-likeness (QED) is 0.0632. The standard InChI is InChI=1S/C51H65F2N5O5Si/c1-31(2)64(32(3)4,33(5)6)21-18-35-14-12-15-36-22-39(62-30-60-11)23-40(43(35)36)44-42(52)24-41-46(45(44)53)54-48(61-29-51-19-13-20-57(51)26-34(7)25-51)55-47(41)56-27-37-16-17-38(28-56)58(37)49(59)63-50(8,9)10/h12,14-15,22-24,31-33,37-38H,7,13,16-17,19-20,25-30H2,1-6,8-11H3/t37-,38+,51?. The minimum absolute atomic E-state index is 0.0190. The van der Waals surface area contributed by atoms with Gasteiger partial charge in [-0.15, -0.1) is 5.54 Å². The van der Waals surface area contributed by atoms with Crippen molar-refractivity contribution in [1.29, 1.82) is 0 Å². The van der Waals surface area contributed by atoms with Crippen LogP contribution in [0.15, 0.2) is 48.6 Å². The lowest BCUT2D eigenvalue weighted by Gasteiger charge is -2.42. The average molecular weight is 894 g/mol. The van der Waals surface area contributed by atoms with Crippen molar-refractivity contribution in [2.45, 2.75) is 134 Å². The van der Waals surface area contributed by atoms with Crippen molar-refractivity contribution in [1.82, 2.24) is 19.8 Å². The highest BCUT2D eigenvalue weighted by Crippen LogP contribution is 2.45. The van der Waals surface area contributed by atoms with Crippen LogP contribution in [0.2, 0.25) is 16.6 Å². The Morgan fingerprint density at radius 2 is 1.70 bits per heavy atom. The summed E-state index contributed by atoms with van der Waals surface area (Å²) in [5.74, 6) is 2.74. The molecule has 0 spiro atoms. The molecule has 342 valence electrons. The van der Waals surface area contributed by atoms with Gasteiger partial charge in [-0.05, 0) is 106 Å². The fourth-order valence-electron chi connectivity index (χ4n) is 11.6. The maximum Gasteiger partial charge on any atom is 0.410 e. The highest BCUT2D eigenvalue weighted by Gasteiger charge is 2.48. The van der Waals surface area contributed by atoms with Crippen LogP contribution in [0.25, 0.3) is 32.8 Å². The summed E-state index contributed by atoms with van der Waals surface area (Å²) in [6.07, 6.45) is 4.00. The highest BCUT2D eigenvalue weighted by molar-refractivity contribution is 6.90. The number of aromatic nitrogens is 2. The van der Waals surface area contributed by atoms with Crippen LogP contribution in [0, 0.1) is 23.1 Å². The van der Waals surface area contributed by atoms with Gasteiger partial charge in [0.1, 0.15) is 43.2 Å². The number of amides is 1. The summed E-state index contributed by atoms with van der Waals surface area (Å²) in [6.45, 7) is 26.3. The van der Waals surface area contributed by atoms with E-state index in [1.165, 1.54) is 13.2 Å². The van der Waals surface area contributed by atoms with E-state index in [0.717, 1.165) is 56.2 Å². The molecule has 0 aliphatic carbocycles. The van der Waals surface area contributed by atoms with Gasteiger partial charge in [-0.2, -0.15) is 9.97 Å². The van der Waals surface area contributed by atoms with E-state index in [4.69, 9.17) is 28.9 Å². The third-order valence-corrected chi connectivity index (χ3v) is 20.6. The van der Waals surface area contributed by atoms with Gasteiger partial charge >= 0.3 is 12.1 Å². The SMILES string of the molecule is C=C1CN2CCCC2(COc2nc(N3C[C@H]4CC[C@@H](C3)N4C(=O)OC(C)(C)C)c3cc(F)c(-c4cc(OCOC)cc5cccc(C#C[Si](C(C)C)(C(C)C)C(C)C)c45)c(F)c3n2)C1. The van der Waals surface area contributed by atoms with E-state index in [1.807, 2.05) is 54.8 Å². The predicted molar refractivity (Wildman–Crippen MR) is 253 cm³/mol. The van der Waals surface area contributed by atoms with Crippen LogP contribution < -0.4 is 14.4 Å². The van der Waals surface area contributed by atoms with Crippen LogP contribution in [-0.2, 0) is 9.47 Å². The summed E-state index contributed by atoms with van der Waals surface area (Å²) in [5, 5.41) is 1.58. The minimum atomic E-state index is -2.19. The van der Waals surface area contributed by atoms with Gasteiger partial charge < -0.3 is 23.8 Å².